The highest BCUT2D eigenvalue weighted by Crippen LogP contribution is 2.65. The summed E-state index contributed by atoms with van der Waals surface area (Å²) in [6, 6.07) is 21.3. The van der Waals surface area contributed by atoms with Crippen LogP contribution in [-0.4, -0.2) is 54.6 Å². The fraction of sp³-hybridized carbons (Fsp3) is 0.310. The molecule has 2 saturated heterocycles. The Labute approximate surface area is 220 Å². The van der Waals surface area contributed by atoms with Gasteiger partial charge in [-0.15, -0.1) is 0 Å². The Morgan fingerprint density at radius 3 is 2.34 bits per heavy atom. The van der Waals surface area contributed by atoms with Crippen molar-refractivity contribution in [3.63, 3.8) is 0 Å². The monoisotopic (exact) mass is 529 g/mol. The van der Waals surface area contributed by atoms with Crippen molar-refractivity contribution in [3.8, 4) is 0 Å². The molecule has 3 aromatic carbocycles. The summed E-state index contributed by atoms with van der Waals surface area (Å²) in [5, 5.41) is 15.8. The third-order valence-corrected chi connectivity index (χ3v) is 11.8. The van der Waals surface area contributed by atoms with Gasteiger partial charge in [0.15, 0.2) is 15.4 Å². The lowest BCUT2D eigenvalue weighted by molar-refractivity contribution is -0.141. The largest absolute Gasteiger partial charge is 0.374 e. The number of hydrogen-bond acceptors (Lipinski definition) is 6. The molecule has 2 fully saturated rings. The van der Waals surface area contributed by atoms with Gasteiger partial charge in [0.2, 0.25) is 5.91 Å². The summed E-state index contributed by atoms with van der Waals surface area (Å²) in [6.45, 7) is 0.472. The number of anilines is 2. The first-order chi connectivity index (χ1) is 18.2. The topological polar surface area (TPSA) is 107 Å². The number of carbonyl (C=O) groups excluding carboxylic acids is 2. The predicted octanol–water partition coefficient (Wildman–Crippen LogP) is 2.78. The highest BCUT2D eigenvalue weighted by Gasteiger charge is 2.80. The molecule has 9 heteroatoms. The van der Waals surface area contributed by atoms with Gasteiger partial charge in [0, 0.05) is 36.3 Å². The second-order valence-electron chi connectivity index (χ2n) is 10.7. The van der Waals surface area contributed by atoms with Crippen LogP contribution < -0.4 is 10.2 Å². The van der Waals surface area contributed by atoms with Crippen molar-refractivity contribution in [1.82, 2.24) is 4.90 Å². The van der Waals surface area contributed by atoms with E-state index in [0.29, 0.717) is 36.3 Å². The van der Waals surface area contributed by atoms with Crippen molar-refractivity contribution in [2.75, 3.05) is 23.8 Å². The Morgan fingerprint density at radius 1 is 0.921 bits per heavy atom. The highest BCUT2D eigenvalue weighted by atomic mass is 32.2. The average Bonchev–Trinajstić information content (AvgIpc) is 3.65. The van der Waals surface area contributed by atoms with E-state index in [9.17, 15) is 14.7 Å². The molecule has 4 atom stereocenters. The van der Waals surface area contributed by atoms with Crippen LogP contribution in [0.4, 0.5) is 11.4 Å². The number of hydrogen-bond donors (Lipinski definition) is 2. The molecule has 0 aromatic heterocycles. The molecule has 3 aromatic rings. The second kappa shape index (κ2) is 7.53. The third kappa shape index (κ3) is 2.45. The van der Waals surface area contributed by atoms with E-state index in [2.05, 4.69) is 5.32 Å². The third-order valence-electron chi connectivity index (χ3n) is 9.21. The second-order valence-corrected chi connectivity index (χ2v) is 12.9. The van der Waals surface area contributed by atoms with Crippen LogP contribution in [0.1, 0.15) is 30.4 Å². The number of aliphatic hydroxyl groups is 1. The summed E-state index contributed by atoms with van der Waals surface area (Å²) in [5.41, 5.74) is -1.74. The number of fused-ring (bicyclic) bond motifs is 5. The minimum Gasteiger partial charge on any atom is -0.374 e. The fourth-order valence-corrected chi connectivity index (χ4v) is 10.2. The average molecular weight is 530 g/mol. The van der Waals surface area contributed by atoms with Crippen molar-refractivity contribution >= 4 is 33.0 Å². The molecule has 0 bridgehead atoms. The van der Waals surface area contributed by atoms with Crippen LogP contribution in [0, 0.1) is 0 Å². The molecule has 2 N–H and O–H groups in total. The number of sulfone groups is 1. The van der Waals surface area contributed by atoms with Crippen molar-refractivity contribution in [1.29, 1.82) is 0 Å². The molecule has 0 saturated carbocycles. The lowest BCUT2D eigenvalue weighted by Gasteiger charge is -2.44. The van der Waals surface area contributed by atoms with Gasteiger partial charge < -0.3 is 15.3 Å². The summed E-state index contributed by atoms with van der Waals surface area (Å²) >= 11 is 0. The Bertz CT molecular complexity index is 1630. The summed E-state index contributed by atoms with van der Waals surface area (Å²) in [6.07, 6.45) is 0.801. The molecular weight excluding hydrogens is 502 g/mol. The lowest BCUT2D eigenvalue weighted by Crippen LogP contribution is -2.65. The van der Waals surface area contributed by atoms with Crippen LogP contribution >= 0.6 is 0 Å². The van der Waals surface area contributed by atoms with Crippen molar-refractivity contribution in [2.45, 2.75) is 46.1 Å². The van der Waals surface area contributed by atoms with Crippen LogP contribution in [0.3, 0.4) is 0 Å². The standard InChI is InChI=1S/C29H27N3O5S/c1-31-23-15-8-6-13-21(23)29(35,26(31)34)28(38(36,37)19-10-3-2-4-11-19)18-27(32-17-9-16-24(28)32)20-12-5-7-14-22(20)30-25(27)33/h2-8,10-15,24,35H,9,16-18H2,1H3,(H,30,33). The van der Waals surface area contributed by atoms with Crippen LogP contribution in [0.15, 0.2) is 83.8 Å². The number of nitrogens with zero attached hydrogens (tertiary/aromatic N) is 2. The quantitative estimate of drug-likeness (QED) is 0.541. The normalized spacial score (nSPS) is 31.9. The Morgan fingerprint density at radius 2 is 1.58 bits per heavy atom. The van der Waals surface area contributed by atoms with Gasteiger partial charge in [-0.05, 0) is 43.7 Å². The number of amides is 2. The van der Waals surface area contributed by atoms with Gasteiger partial charge in [0.1, 0.15) is 10.3 Å². The fourth-order valence-electron chi connectivity index (χ4n) is 7.67. The number of para-hydroxylation sites is 2. The van der Waals surface area contributed by atoms with Crippen molar-refractivity contribution in [3.05, 3.63) is 90.0 Å². The SMILES string of the molecule is CN1C(=O)C(O)(C2(S(=O)(=O)c3ccccc3)CC3(C(=O)Nc4ccccc43)N3CCCC32)c2ccccc21. The van der Waals surface area contributed by atoms with E-state index >= 15 is 8.42 Å². The molecule has 2 amide bonds. The van der Waals surface area contributed by atoms with Crippen LogP contribution in [0.2, 0.25) is 0 Å². The molecule has 38 heavy (non-hydrogen) atoms. The summed E-state index contributed by atoms with van der Waals surface area (Å²) in [5.74, 6) is -1.03. The lowest BCUT2D eigenvalue weighted by atomic mass is 9.72. The number of rotatable bonds is 3. The maximum absolute atomic E-state index is 15.0. The van der Waals surface area contributed by atoms with Gasteiger partial charge in [-0.3, -0.25) is 14.5 Å². The zero-order chi connectivity index (χ0) is 26.5. The maximum Gasteiger partial charge on any atom is 0.265 e. The number of carbonyl (C=O) groups is 2. The molecule has 194 valence electrons. The Hall–Kier alpha value is -3.53. The molecule has 4 unspecified atom stereocenters. The Balaban J connectivity index is 1.59. The maximum atomic E-state index is 15.0. The molecule has 0 radical (unpaired) electrons. The van der Waals surface area contributed by atoms with Crippen LogP contribution in [0.5, 0.6) is 0 Å². The summed E-state index contributed by atoms with van der Waals surface area (Å²) < 4.78 is 28.0. The van der Waals surface area contributed by atoms with Crippen molar-refractivity contribution in [2.24, 2.45) is 0 Å². The van der Waals surface area contributed by atoms with E-state index in [1.807, 2.05) is 23.1 Å². The molecular formula is C29H27N3O5S. The van der Waals surface area contributed by atoms with Crippen LogP contribution in [0.25, 0.3) is 0 Å². The number of nitrogens with one attached hydrogen (secondary N) is 1. The van der Waals surface area contributed by atoms with Gasteiger partial charge >= 0.3 is 0 Å². The molecule has 0 aliphatic carbocycles. The number of benzene rings is 3. The van der Waals surface area contributed by atoms with Gasteiger partial charge in [-0.2, -0.15) is 0 Å². The van der Waals surface area contributed by atoms with E-state index in [-0.39, 0.29) is 22.8 Å². The molecule has 4 heterocycles. The summed E-state index contributed by atoms with van der Waals surface area (Å²) in [7, 11) is -2.85. The van der Waals surface area contributed by atoms with Gasteiger partial charge in [0.25, 0.3) is 5.91 Å². The smallest absolute Gasteiger partial charge is 0.265 e. The van der Waals surface area contributed by atoms with Gasteiger partial charge in [0.05, 0.1) is 10.6 Å². The highest BCUT2D eigenvalue weighted by molar-refractivity contribution is 7.93. The first-order valence-electron chi connectivity index (χ1n) is 12.8. The predicted molar refractivity (Wildman–Crippen MR) is 141 cm³/mol. The zero-order valence-corrected chi connectivity index (χ0v) is 21.6. The van der Waals surface area contributed by atoms with Crippen molar-refractivity contribution < 1.29 is 23.1 Å². The van der Waals surface area contributed by atoms with E-state index in [1.165, 1.54) is 17.0 Å². The minimum atomic E-state index is -4.40. The van der Waals surface area contributed by atoms with E-state index in [4.69, 9.17) is 0 Å². The first-order valence-corrected chi connectivity index (χ1v) is 14.3. The molecule has 8 nitrogen and oxygen atoms in total. The van der Waals surface area contributed by atoms with Crippen LogP contribution in [-0.2, 0) is 30.6 Å². The van der Waals surface area contributed by atoms with E-state index < -0.39 is 37.7 Å². The zero-order valence-electron chi connectivity index (χ0n) is 20.8. The molecule has 4 aliphatic rings. The molecule has 4 aliphatic heterocycles. The molecule has 1 spiro atoms. The van der Waals surface area contributed by atoms with E-state index in [1.54, 1.807) is 55.6 Å². The summed E-state index contributed by atoms with van der Waals surface area (Å²) in [4.78, 5) is 31.4. The molecule has 7 rings (SSSR count). The minimum absolute atomic E-state index is 0.0175. The first kappa shape index (κ1) is 23.6. The van der Waals surface area contributed by atoms with Gasteiger partial charge in [-0.1, -0.05) is 54.6 Å². The van der Waals surface area contributed by atoms with Gasteiger partial charge in [-0.25, -0.2) is 8.42 Å². The number of likely N-dealkylation sites (N-methyl/N-ethyl adjacent to an activating group) is 1. The Kier molecular flexibility index (Phi) is 4.67. The van der Waals surface area contributed by atoms with E-state index in [0.717, 1.165) is 0 Å².